The van der Waals surface area contributed by atoms with Crippen LogP contribution in [0, 0.1) is 0 Å². The van der Waals surface area contributed by atoms with Gasteiger partial charge in [0.15, 0.2) is 0 Å². The number of hydrogen-bond donors (Lipinski definition) is 4. The first kappa shape index (κ1) is 15.5. The fraction of sp³-hybridized carbons (Fsp3) is 0.714. The first-order chi connectivity index (χ1) is 6.40. The Morgan fingerprint density at radius 2 is 2.07 bits per heavy atom. The van der Waals surface area contributed by atoms with Crippen molar-refractivity contribution in [2.24, 2.45) is 5.16 Å². The normalized spacial score (nSPS) is 38.5. The first-order valence-electron chi connectivity index (χ1n) is 3.91. The van der Waals surface area contributed by atoms with Crippen molar-refractivity contribution in [3.8, 4) is 0 Å². The molecule has 1 rings (SSSR count). The number of nitrogens with zero attached hydrogens (tertiary/aromatic N) is 1. The van der Waals surface area contributed by atoms with Crippen molar-refractivity contribution in [2.45, 2.75) is 30.7 Å². The van der Waals surface area contributed by atoms with Crippen molar-refractivity contribution >= 4 is 11.7 Å². The summed E-state index contributed by atoms with van der Waals surface area (Å²) < 4.78 is 0. The molecule has 0 aromatic rings. The fourth-order valence-corrected chi connectivity index (χ4v) is 1.41. The Hall–Kier alpha value is 0.456. The summed E-state index contributed by atoms with van der Waals surface area (Å²) in [5.74, 6) is -1.77. The molecule has 0 aromatic carbocycles. The van der Waals surface area contributed by atoms with Crippen LogP contribution in [0.15, 0.2) is 5.16 Å². The van der Waals surface area contributed by atoms with Crippen LogP contribution in [-0.2, 0) is 4.79 Å². The summed E-state index contributed by atoms with van der Waals surface area (Å²) >= 11 is 0. The van der Waals surface area contributed by atoms with E-state index < -0.39 is 36.6 Å². The SMILES string of the molecule is O=C([O-])[C@]1(O)C/C(=N\O)[C@@H](O)[C@H](O)C1.[K+]. The molecule has 0 bridgehead atoms. The Kier molecular flexibility index (Phi) is 5.86. The van der Waals surface area contributed by atoms with Gasteiger partial charge in [-0.05, 0) is 0 Å². The van der Waals surface area contributed by atoms with Gasteiger partial charge in [0.2, 0.25) is 0 Å². The Labute approximate surface area is 128 Å². The Bertz CT molecular complexity index is 283. The van der Waals surface area contributed by atoms with E-state index in [1.807, 2.05) is 0 Å². The van der Waals surface area contributed by atoms with E-state index in [0.29, 0.717) is 0 Å². The minimum absolute atomic E-state index is 0. The average Bonchev–Trinajstić information content (AvgIpc) is 2.11. The number of carbonyl (C=O) groups excluding carboxylic acids is 1. The standard InChI is InChI=1S/C7H11NO6.K/c9-4-2-7(13,6(11)12)1-3(8-14)5(4)10;/h4-5,9-10,13-14H,1-2H2,(H,11,12);/q;+1/p-1/b8-3+;/t4-,5-,7+;/m1./s1. The minimum atomic E-state index is -2.29. The molecule has 15 heavy (non-hydrogen) atoms. The second-order valence-electron chi connectivity index (χ2n) is 3.30. The predicted octanol–water partition coefficient (Wildman–Crippen LogP) is -6.18. The van der Waals surface area contributed by atoms with Gasteiger partial charge in [-0.1, -0.05) is 5.16 Å². The number of aliphatic hydroxyl groups excluding tert-OH is 2. The molecule has 4 N–H and O–H groups in total. The van der Waals surface area contributed by atoms with Crippen LogP contribution in [-0.4, -0.2) is 50.0 Å². The molecule has 1 fully saturated rings. The van der Waals surface area contributed by atoms with Crippen LogP contribution >= 0.6 is 0 Å². The van der Waals surface area contributed by atoms with Crippen LogP contribution in [0.4, 0.5) is 0 Å². The van der Waals surface area contributed by atoms with Crippen LogP contribution in [0.1, 0.15) is 12.8 Å². The third kappa shape index (κ3) is 3.20. The van der Waals surface area contributed by atoms with Gasteiger partial charge >= 0.3 is 51.4 Å². The van der Waals surface area contributed by atoms with E-state index in [1.54, 1.807) is 0 Å². The zero-order valence-electron chi connectivity index (χ0n) is 8.12. The van der Waals surface area contributed by atoms with E-state index in [0.717, 1.165) is 0 Å². The summed E-state index contributed by atoms with van der Waals surface area (Å²) in [7, 11) is 0. The summed E-state index contributed by atoms with van der Waals surface area (Å²) in [4.78, 5) is 10.5. The summed E-state index contributed by atoms with van der Waals surface area (Å²) in [5.41, 5.74) is -2.67. The van der Waals surface area contributed by atoms with E-state index >= 15 is 0 Å². The molecule has 0 amide bonds. The van der Waals surface area contributed by atoms with Gasteiger partial charge in [0.05, 0.1) is 17.8 Å². The molecule has 8 heteroatoms. The molecule has 80 valence electrons. The minimum Gasteiger partial charge on any atom is -0.547 e. The first-order valence-corrected chi connectivity index (χ1v) is 3.91. The van der Waals surface area contributed by atoms with Crippen molar-refractivity contribution in [1.82, 2.24) is 0 Å². The summed E-state index contributed by atoms with van der Waals surface area (Å²) in [6, 6.07) is 0. The van der Waals surface area contributed by atoms with Gasteiger partial charge in [0, 0.05) is 12.8 Å². The number of carbonyl (C=O) groups is 1. The molecule has 1 aliphatic carbocycles. The molecule has 0 saturated heterocycles. The maximum Gasteiger partial charge on any atom is 1.00 e. The monoisotopic (exact) mass is 243 g/mol. The smallest absolute Gasteiger partial charge is 0.547 e. The number of hydrogen-bond acceptors (Lipinski definition) is 7. The summed E-state index contributed by atoms with van der Waals surface area (Å²) in [6.45, 7) is 0. The zero-order chi connectivity index (χ0) is 10.9. The van der Waals surface area contributed by atoms with Crippen molar-refractivity contribution in [2.75, 3.05) is 0 Å². The Balaban J connectivity index is 0.00000196. The third-order valence-corrected chi connectivity index (χ3v) is 2.23. The Morgan fingerprint density at radius 1 is 1.53 bits per heavy atom. The van der Waals surface area contributed by atoms with Crippen LogP contribution in [0.5, 0.6) is 0 Å². The van der Waals surface area contributed by atoms with Crippen molar-refractivity contribution in [3.63, 3.8) is 0 Å². The zero-order valence-corrected chi connectivity index (χ0v) is 11.2. The van der Waals surface area contributed by atoms with E-state index in [-0.39, 0.29) is 57.1 Å². The summed E-state index contributed by atoms with van der Waals surface area (Å²) in [5, 5.41) is 49.3. The fourth-order valence-electron chi connectivity index (χ4n) is 1.41. The molecular weight excluding hydrogens is 233 g/mol. The molecule has 7 nitrogen and oxygen atoms in total. The largest absolute Gasteiger partial charge is 1.00 e. The van der Waals surface area contributed by atoms with Crippen LogP contribution < -0.4 is 56.5 Å². The number of aliphatic carboxylic acids is 1. The molecule has 0 aliphatic heterocycles. The number of oxime groups is 1. The van der Waals surface area contributed by atoms with Gasteiger partial charge in [-0.3, -0.25) is 0 Å². The number of carboxylic acids is 1. The summed E-state index contributed by atoms with van der Waals surface area (Å²) in [6.07, 6.45) is -4.07. The van der Waals surface area contributed by atoms with E-state index in [4.69, 9.17) is 5.21 Å². The quantitative estimate of drug-likeness (QED) is 0.206. The molecule has 0 radical (unpaired) electrons. The van der Waals surface area contributed by atoms with Crippen LogP contribution in [0.3, 0.4) is 0 Å². The molecule has 0 unspecified atom stereocenters. The van der Waals surface area contributed by atoms with E-state index in [9.17, 15) is 25.2 Å². The van der Waals surface area contributed by atoms with E-state index in [2.05, 4.69) is 5.16 Å². The molecule has 1 saturated carbocycles. The molecule has 3 atom stereocenters. The van der Waals surface area contributed by atoms with Crippen molar-refractivity contribution in [3.05, 3.63) is 0 Å². The Morgan fingerprint density at radius 3 is 2.47 bits per heavy atom. The second-order valence-corrected chi connectivity index (χ2v) is 3.30. The maximum absolute atomic E-state index is 10.5. The molecule has 1 aliphatic rings. The average molecular weight is 243 g/mol. The third-order valence-electron chi connectivity index (χ3n) is 2.23. The van der Waals surface area contributed by atoms with Gasteiger partial charge < -0.3 is 30.4 Å². The van der Waals surface area contributed by atoms with Crippen LogP contribution in [0.25, 0.3) is 0 Å². The number of aliphatic hydroxyl groups is 3. The number of carboxylic acid groups (broad SMARTS) is 1. The van der Waals surface area contributed by atoms with Gasteiger partial charge in [0.1, 0.15) is 11.7 Å². The number of rotatable bonds is 1. The predicted molar refractivity (Wildman–Crippen MR) is 40.4 cm³/mol. The molecule has 0 spiro atoms. The topological polar surface area (TPSA) is 133 Å². The van der Waals surface area contributed by atoms with Gasteiger partial charge in [-0.15, -0.1) is 0 Å². The second kappa shape index (κ2) is 5.69. The van der Waals surface area contributed by atoms with Crippen LogP contribution in [0.2, 0.25) is 0 Å². The van der Waals surface area contributed by atoms with E-state index in [1.165, 1.54) is 0 Å². The van der Waals surface area contributed by atoms with Gasteiger partial charge in [0.25, 0.3) is 0 Å². The molecule has 0 heterocycles. The van der Waals surface area contributed by atoms with Gasteiger partial charge in [-0.2, -0.15) is 0 Å². The van der Waals surface area contributed by atoms with Gasteiger partial charge in [-0.25, -0.2) is 0 Å². The maximum atomic E-state index is 10.5. The molecular formula is C7H10KNO6. The molecule has 0 aromatic heterocycles. The van der Waals surface area contributed by atoms with Crippen molar-refractivity contribution < 1.29 is 81.8 Å². The van der Waals surface area contributed by atoms with Crippen molar-refractivity contribution in [1.29, 1.82) is 0 Å².